The Hall–Kier alpha value is -1.63. The zero-order valence-electron chi connectivity index (χ0n) is 10.6. The predicted molar refractivity (Wildman–Crippen MR) is 73.6 cm³/mol. The highest BCUT2D eigenvalue weighted by Gasteiger charge is 2.19. The molecule has 0 heterocycles. The van der Waals surface area contributed by atoms with E-state index in [1.165, 1.54) is 23.1 Å². The van der Waals surface area contributed by atoms with Crippen LogP contribution in [0.25, 0.3) is 0 Å². The molecular formula is C12H15BrFN3O2. The number of benzene rings is 1. The molecule has 1 rings (SSSR count). The first-order valence-corrected chi connectivity index (χ1v) is 6.34. The summed E-state index contributed by atoms with van der Waals surface area (Å²) >= 11 is 3.05. The van der Waals surface area contributed by atoms with E-state index < -0.39 is 5.82 Å². The Morgan fingerprint density at radius 2 is 2.26 bits per heavy atom. The van der Waals surface area contributed by atoms with Crippen molar-refractivity contribution in [3.8, 4) is 0 Å². The highest BCUT2D eigenvalue weighted by molar-refractivity contribution is 9.10. The lowest BCUT2D eigenvalue weighted by molar-refractivity contribution is 0.0784. The molecule has 0 aliphatic carbocycles. The first-order chi connectivity index (χ1) is 8.88. The maximum Gasteiger partial charge on any atom is 0.254 e. The molecule has 5 nitrogen and oxygen atoms in total. The first-order valence-electron chi connectivity index (χ1n) is 5.55. The van der Waals surface area contributed by atoms with E-state index in [0.29, 0.717) is 0 Å². The van der Waals surface area contributed by atoms with Crippen LogP contribution in [0.3, 0.4) is 0 Å². The van der Waals surface area contributed by atoms with Gasteiger partial charge in [-0.2, -0.15) is 0 Å². The van der Waals surface area contributed by atoms with E-state index in [9.17, 15) is 9.18 Å². The lowest BCUT2D eigenvalue weighted by Crippen LogP contribution is -2.36. The Kier molecular flexibility index (Phi) is 5.29. The molecule has 0 aromatic heterocycles. The Labute approximate surface area is 119 Å². The summed E-state index contributed by atoms with van der Waals surface area (Å²) in [5.41, 5.74) is 5.68. The van der Waals surface area contributed by atoms with E-state index >= 15 is 0 Å². The number of oxime groups is 1. The van der Waals surface area contributed by atoms with Crippen molar-refractivity contribution in [2.24, 2.45) is 16.8 Å². The lowest BCUT2D eigenvalue weighted by atomic mass is 10.1. The number of nitrogens with zero attached hydrogens (tertiary/aromatic N) is 2. The molecule has 0 saturated heterocycles. The Morgan fingerprint density at radius 3 is 2.84 bits per heavy atom. The molecule has 0 fully saturated rings. The molecule has 0 spiro atoms. The van der Waals surface area contributed by atoms with Gasteiger partial charge >= 0.3 is 0 Å². The normalized spacial score (nSPS) is 13.2. The summed E-state index contributed by atoms with van der Waals surface area (Å²) in [4.78, 5) is 13.5. The van der Waals surface area contributed by atoms with E-state index in [1.54, 1.807) is 14.0 Å². The Morgan fingerprint density at radius 1 is 1.63 bits per heavy atom. The molecule has 3 N–H and O–H groups in total. The van der Waals surface area contributed by atoms with Crippen LogP contribution >= 0.6 is 15.9 Å². The molecule has 1 aromatic carbocycles. The van der Waals surface area contributed by atoms with Gasteiger partial charge in [-0.15, -0.1) is 0 Å². The average molecular weight is 332 g/mol. The van der Waals surface area contributed by atoms with Crippen LogP contribution in [0.5, 0.6) is 0 Å². The SMILES string of the molecule is CC(CN(C)C(=O)c1cccc(F)c1Br)/C(N)=N/O. The monoisotopic (exact) mass is 331 g/mol. The molecule has 1 atom stereocenters. The Balaban J connectivity index is 2.86. The van der Waals surface area contributed by atoms with E-state index in [4.69, 9.17) is 10.9 Å². The summed E-state index contributed by atoms with van der Waals surface area (Å²) in [5.74, 6) is -1.10. The zero-order chi connectivity index (χ0) is 14.6. The summed E-state index contributed by atoms with van der Waals surface area (Å²) in [7, 11) is 1.57. The van der Waals surface area contributed by atoms with E-state index in [-0.39, 0.29) is 34.2 Å². The second-order valence-corrected chi connectivity index (χ2v) is 5.01. The number of nitrogens with two attached hydrogens (primary N) is 1. The van der Waals surface area contributed by atoms with Crippen LogP contribution in [0, 0.1) is 11.7 Å². The number of hydrogen-bond acceptors (Lipinski definition) is 3. The number of amidine groups is 1. The van der Waals surface area contributed by atoms with Gasteiger partial charge in [0, 0.05) is 19.5 Å². The summed E-state index contributed by atoms with van der Waals surface area (Å²) in [6, 6.07) is 4.26. The quantitative estimate of drug-likeness (QED) is 0.383. The number of carbonyl (C=O) groups is 1. The standard InChI is InChI=1S/C12H15BrFN3O2/c1-7(11(15)16-19)6-17(2)12(18)8-4-3-5-9(14)10(8)13/h3-5,7,19H,6H2,1-2H3,(H2,15,16). The van der Waals surface area contributed by atoms with Crippen LogP contribution < -0.4 is 5.73 Å². The third-order valence-corrected chi connectivity index (χ3v) is 3.50. The fourth-order valence-electron chi connectivity index (χ4n) is 1.56. The van der Waals surface area contributed by atoms with Crippen molar-refractivity contribution in [2.75, 3.05) is 13.6 Å². The van der Waals surface area contributed by atoms with Gasteiger partial charge in [-0.25, -0.2) is 4.39 Å². The molecule has 19 heavy (non-hydrogen) atoms. The van der Waals surface area contributed by atoms with Gasteiger partial charge in [0.05, 0.1) is 10.0 Å². The van der Waals surface area contributed by atoms with Crippen LogP contribution in [-0.4, -0.2) is 35.4 Å². The van der Waals surface area contributed by atoms with E-state index in [1.807, 2.05) is 0 Å². The Bertz CT molecular complexity index is 508. The second-order valence-electron chi connectivity index (χ2n) is 4.21. The summed E-state index contributed by atoms with van der Waals surface area (Å²) in [6.45, 7) is 1.98. The fraction of sp³-hybridized carbons (Fsp3) is 0.333. The average Bonchev–Trinajstić information content (AvgIpc) is 2.39. The van der Waals surface area contributed by atoms with Gasteiger partial charge in [0.2, 0.25) is 0 Å². The molecular weight excluding hydrogens is 317 g/mol. The van der Waals surface area contributed by atoms with Gasteiger partial charge in [0.25, 0.3) is 5.91 Å². The van der Waals surface area contributed by atoms with Crippen LogP contribution in [0.2, 0.25) is 0 Å². The number of halogens is 2. The third kappa shape index (κ3) is 3.66. The molecule has 7 heteroatoms. The van der Waals surface area contributed by atoms with Crippen molar-refractivity contribution in [1.82, 2.24) is 4.90 Å². The summed E-state index contributed by atoms with van der Waals surface area (Å²) in [6.07, 6.45) is 0. The van der Waals surface area contributed by atoms with Crippen molar-refractivity contribution in [1.29, 1.82) is 0 Å². The maximum absolute atomic E-state index is 13.4. The fourth-order valence-corrected chi connectivity index (χ4v) is 1.99. The maximum atomic E-state index is 13.4. The minimum atomic E-state index is -0.497. The van der Waals surface area contributed by atoms with Crippen molar-refractivity contribution in [3.63, 3.8) is 0 Å². The van der Waals surface area contributed by atoms with E-state index in [0.717, 1.165) is 0 Å². The van der Waals surface area contributed by atoms with Crippen LogP contribution in [0.15, 0.2) is 27.8 Å². The van der Waals surface area contributed by atoms with Crippen molar-refractivity contribution < 1.29 is 14.4 Å². The van der Waals surface area contributed by atoms with Gasteiger partial charge in [0.1, 0.15) is 11.7 Å². The smallest absolute Gasteiger partial charge is 0.254 e. The van der Waals surface area contributed by atoms with Gasteiger partial charge in [0.15, 0.2) is 0 Å². The van der Waals surface area contributed by atoms with Gasteiger partial charge in [-0.05, 0) is 28.1 Å². The van der Waals surface area contributed by atoms with E-state index in [2.05, 4.69) is 21.1 Å². The second kappa shape index (κ2) is 6.51. The molecule has 1 aromatic rings. The number of rotatable bonds is 4. The minimum Gasteiger partial charge on any atom is -0.409 e. The number of amides is 1. The van der Waals surface area contributed by atoms with Crippen molar-refractivity contribution in [2.45, 2.75) is 6.92 Å². The first kappa shape index (κ1) is 15.4. The van der Waals surface area contributed by atoms with Gasteiger partial charge in [-0.3, -0.25) is 4.79 Å². The van der Waals surface area contributed by atoms with Gasteiger partial charge < -0.3 is 15.8 Å². The molecule has 0 aliphatic rings. The molecule has 1 amide bonds. The van der Waals surface area contributed by atoms with Gasteiger partial charge in [-0.1, -0.05) is 18.1 Å². The van der Waals surface area contributed by atoms with Crippen LogP contribution in [-0.2, 0) is 0 Å². The molecule has 0 radical (unpaired) electrons. The zero-order valence-corrected chi connectivity index (χ0v) is 12.2. The molecule has 1 unspecified atom stereocenters. The van der Waals surface area contributed by atoms with Crippen LogP contribution in [0.1, 0.15) is 17.3 Å². The third-order valence-electron chi connectivity index (χ3n) is 2.70. The van der Waals surface area contributed by atoms with Crippen LogP contribution in [0.4, 0.5) is 4.39 Å². The summed E-state index contributed by atoms with van der Waals surface area (Å²) < 4.78 is 13.5. The minimum absolute atomic E-state index is 0.0398. The summed E-state index contributed by atoms with van der Waals surface area (Å²) in [5, 5.41) is 11.4. The number of hydrogen-bond donors (Lipinski definition) is 2. The topological polar surface area (TPSA) is 78.9 Å². The highest BCUT2D eigenvalue weighted by Crippen LogP contribution is 2.21. The molecule has 0 bridgehead atoms. The van der Waals surface area contributed by atoms with Crippen molar-refractivity contribution in [3.05, 3.63) is 34.1 Å². The highest BCUT2D eigenvalue weighted by atomic mass is 79.9. The molecule has 0 saturated carbocycles. The predicted octanol–water partition coefficient (Wildman–Crippen LogP) is 2.04. The molecule has 0 aliphatic heterocycles. The van der Waals surface area contributed by atoms with Crippen molar-refractivity contribution >= 4 is 27.7 Å². The lowest BCUT2D eigenvalue weighted by Gasteiger charge is -2.21. The molecule has 104 valence electrons. The largest absolute Gasteiger partial charge is 0.409 e. The number of carbonyl (C=O) groups excluding carboxylic acids is 1.